The van der Waals surface area contributed by atoms with Gasteiger partial charge in [0, 0.05) is 45.2 Å². The normalized spacial score (nSPS) is 16.5. The molecule has 0 saturated carbocycles. The van der Waals surface area contributed by atoms with E-state index in [1.807, 2.05) is 30.7 Å². The molecular weight excluding hydrogens is 420 g/mol. The van der Waals surface area contributed by atoms with E-state index in [1.54, 1.807) is 22.5 Å². The zero-order valence-corrected chi connectivity index (χ0v) is 18.0. The molecular formula is C23H20N8S. The summed E-state index contributed by atoms with van der Waals surface area (Å²) in [5.74, 6) is 0. The molecule has 2 N–H and O–H groups in total. The van der Waals surface area contributed by atoms with Crippen molar-refractivity contribution in [3.63, 3.8) is 0 Å². The minimum Gasteiger partial charge on any atom is -0.315 e. The SMILES string of the molecule is N#Cc1cnn2cc(-c3cnn([C@H]4CCCNC4)c3)cc(Sc3cccc4cn[nH]c34)c12. The Morgan fingerprint density at radius 3 is 2.94 bits per heavy atom. The number of piperidine rings is 1. The van der Waals surface area contributed by atoms with E-state index in [0.29, 0.717) is 11.6 Å². The molecule has 6 rings (SSSR count). The largest absolute Gasteiger partial charge is 0.315 e. The lowest BCUT2D eigenvalue weighted by Gasteiger charge is -2.22. The highest BCUT2D eigenvalue weighted by Crippen LogP contribution is 2.38. The van der Waals surface area contributed by atoms with Gasteiger partial charge in [0.05, 0.1) is 41.2 Å². The van der Waals surface area contributed by atoms with Gasteiger partial charge in [0.1, 0.15) is 6.07 Å². The molecule has 158 valence electrons. The van der Waals surface area contributed by atoms with E-state index in [-0.39, 0.29) is 0 Å². The van der Waals surface area contributed by atoms with Crippen LogP contribution in [0, 0.1) is 11.3 Å². The molecule has 0 radical (unpaired) electrons. The number of fused-ring (bicyclic) bond motifs is 2. The molecule has 8 nitrogen and oxygen atoms in total. The van der Waals surface area contributed by atoms with Crippen LogP contribution >= 0.6 is 11.8 Å². The first-order chi connectivity index (χ1) is 15.8. The molecule has 1 atom stereocenters. The number of rotatable bonds is 4. The summed E-state index contributed by atoms with van der Waals surface area (Å²) >= 11 is 1.61. The topological polar surface area (TPSA) is 99.6 Å². The molecule has 0 unspecified atom stereocenters. The van der Waals surface area contributed by atoms with Crippen LogP contribution in [0.25, 0.3) is 27.5 Å². The van der Waals surface area contributed by atoms with Gasteiger partial charge in [-0.3, -0.25) is 9.78 Å². The van der Waals surface area contributed by atoms with Crippen molar-refractivity contribution in [1.29, 1.82) is 5.26 Å². The van der Waals surface area contributed by atoms with Gasteiger partial charge < -0.3 is 5.32 Å². The zero-order valence-electron chi connectivity index (χ0n) is 17.2. The van der Waals surface area contributed by atoms with Crippen molar-refractivity contribution in [1.82, 2.24) is 34.9 Å². The predicted octanol–water partition coefficient (Wildman–Crippen LogP) is 4.02. The Balaban J connectivity index is 1.45. The number of nitrogens with one attached hydrogen (secondary N) is 2. The van der Waals surface area contributed by atoms with Crippen LogP contribution < -0.4 is 5.32 Å². The number of aromatic amines is 1. The minimum absolute atomic E-state index is 0.378. The monoisotopic (exact) mass is 440 g/mol. The van der Waals surface area contributed by atoms with Crippen molar-refractivity contribution in [3.05, 3.63) is 60.8 Å². The molecule has 5 heterocycles. The fraction of sp³-hybridized carbons (Fsp3) is 0.217. The molecule has 4 aromatic heterocycles. The summed E-state index contributed by atoms with van der Waals surface area (Å²) in [4.78, 5) is 2.01. The van der Waals surface area contributed by atoms with Gasteiger partial charge >= 0.3 is 0 Å². The molecule has 0 amide bonds. The summed E-state index contributed by atoms with van der Waals surface area (Å²) in [6.45, 7) is 2.02. The number of benzene rings is 1. The molecule has 1 saturated heterocycles. The fourth-order valence-electron chi connectivity index (χ4n) is 4.29. The molecule has 5 aromatic rings. The van der Waals surface area contributed by atoms with Gasteiger partial charge in [0.15, 0.2) is 0 Å². The number of pyridine rings is 1. The first kappa shape index (κ1) is 19.1. The van der Waals surface area contributed by atoms with Crippen LogP contribution in [0.2, 0.25) is 0 Å². The highest BCUT2D eigenvalue weighted by Gasteiger charge is 2.18. The standard InChI is InChI=1S/C23H20N8S/c24-8-17-10-28-31-13-16(18-11-27-30(14-18)19-4-2-6-25-12-19)7-21(23(17)31)32-20-5-1-3-15-9-26-29-22(15)20/h1,3,5,7,9-11,13-14,19,25H,2,4,6,12H2,(H,26,29)/t19-/m0/s1. The molecule has 1 fully saturated rings. The third-order valence-electron chi connectivity index (χ3n) is 5.94. The summed E-state index contributed by atoms with van der Waals surface area (Å²) < 4.78 is 3.86. The Morgan fingerprint density at radius 1 is 1.09 bits per heavy atom. The quantitative estimate of drug-likeness (QED) is 0.438. The maximum Gasteiger partial charge on any atom is 0.103 e. The molecule has 0 spiro atoms. The smallest absolute Gasteiger partial charge is 0.103 e. The van der Waals surface area contributed by atoms with Crippen molar-refractivity contribution in [2.24, 2.45) is 0 Å². The van der Waals surface area contributed by atoms with Crippen molar-refractivity contribution in [2.75, 3.05) is 13.1 Å². The third-order valence-corrected chi connectivity index (χ3v) is 7.03. The van der Waals surface area contributed by atoms with Crippen LogP contribution in [0.15, 0.2) is 65.0 Å². The van der Waals surface area contributed by atoms with Crippen LogP contribution in [0.5, 0.6) is 0 Å². The fourth-order valence-corrected chi connectivity index (χ4v) is 5.43. The van der Waals surface area contributed by atoms with Crippen LogP contribution in [0.3, 0.4) is 0 Å². The second-order valence-electron chi connectivity index (χ2n) is 7.96. The van der Waals surface area contributed by atoms with E-state index in [4.69, 9.17) is 0 Å². The number of H-pyrrole nitrogens is 1. The van der Waals surface area contributed by atoms with E-state index in [9.17, 15) is 5.26 Å². The number of aromatic nitrogens is 6. The van der Waals surface area contributed by atoms with Crippen molar-refractivity contribution in [3.8, 4) is 17.2 Å². The number of nitrogens with zero attached hydrogens (tertiary/aromatic N) is 6. The van der Waals surface area contributed by atoms with Gasteiger partial charge in [0.25, 0.3) is 0 Å². The highest BCUT2D eigenvalue weighted by molar-refractivity contribution is 7.99. The lowest BCUT2D eigenvalue weighted by atomic mass is 10.1. The average molecular weight is 441 g/mol. The summed E-state index contributed by atoms with van der Waals surface area (Å²) in [5.41, 5.74) is 4.39. The van der Waals surface area contributed by atoms with Crippen LogP contribution in [-0.4, -0.2) is 42.7 Å². The number of hydrogen-bond acceptors (Lipinski definition) is 6. The van der Waals surface area contributed by atoms with Gasteiger partial charge in [0.2, 0.25) is 0 Å². The molecule has 9 heteroatoms. The molecule has 0 bridgehead atoms. The van der Waals surface area contributed by atoms with E-state index in [1.165, 1.54) is 0 Å². The van der Waals surface area contributed by atoms with Gasteiger partial charge in [-0.15, -0.1) is 0 Å². The highest BCUT2D eigenvalue weighted by atomic mass is 32.2. The first-order valence-corrected chi connectivity index (χ1v) is 11.4. The maximum absolute atomic E-state index is 9.64. The van der Waals surface area contributed by atoms with Crippen LogP contribution in [-0.2, 0) is 0 Å². The van der Waals surface area contributed by atoms with E-state index >= 15 is 0 Å². The summed E-state index contributed by atoms with van der Waals surface area (Å²) in [5, 5.41) is 30.5. The Bertz CT molecular complexity index is 1460. The van der Waals surface area contributed by atoms with Gasteiger partial charge in [-0.1, -0.05) is 23.9 Å². The Hall–Kier alpha value is -3.61. The number of para-hydroxylation sites is 1. The van der Waals surface area contributed by atoms with Crippen LogP contribution in [0.4, 0.5) is 0 Å². The van der Waals surface area contributed by atoms with Crippen molar-refractivity contribution in [2.45, 2.75) is 28.7 Å². The van der Waals surface area contributed by atoms with Crippen molar-refractivity contribution < 1.29 is 0 Å². The molecule has 1 aromatic carbocycles. The second-order valence-corrected chi connectivity index (χ2v) is 9.04. The summed E-state index contributed by atoms with van der Waals surface area (Å²) in [6.07, 6.45) is 11.7. The Kier molecular flexibility index (Phi) is 4.67. The maximum atomic E-state index is 9.64. The van der Waals surface area contributed by atoms with E-state index in [2.05, 4.69) is 54.8 Å². The predicted molar refractivity (Wildman–Crippen MR) is 122 cm³/mol. The van der Waals surface area contributed by atoms with Crippen LogP contribution in [0.1, 0.15) is 24.4 Å². The van der Waals surface area contributed by atoms with E-state index < -0.39 is 0 Å². The Labute approximate surface area is 188 Å². The van der Waals surface area contributed by atoms with Gasteiger partial charge in [-0.05, 0) is 31.5 Å². The summed E-state index contributed by atoms with van der Waals surface area (Å²) in [6, 6.07) is 10.9. The first-order valence-electron chi connectivity index (χ1n) is 10.6. The van der Waals surface area contributed by atoms with Crippen molar-refractivity contribution >= 4 is 28.2 Å². The number of hydrogen-bond donors (Lipinski definition) is 2. The third kappa shape index (κ3) is 3.25. The second kappa shape index (κ2) is 7.82. The molecule has 1 aliphatic rings. The molecule has 0 aliphatic carbocycles. The lowest BCUT2D eigenvalue weighted by molar-refractivity contribution is 0.347. The van der Waals surface area contributed by atoms with E-state index in [0.717, 1.165) is 63.3 Å². The minimum atomic E-state index is 0.378. The molecule has 1 aliphatic heterocycles. The number of nitriles is 1. The molecule has 32 heavy (non-hydrogen) atoms. The zero-order chi connectivity index (χ0) is 21.5. The van der Waals surface area contributed by atoms with Gasteiger partial charge in [-0.25, -0.2) is 4.52 Å². The lowest BCUT2D eigenvalue weighted by Crippen LogP contribution is -2.31. The van der Waals surface area contributed by atoms with Gasteiger partial charge in [-0.2, -0.15) is 20.6 Å². The Morgan fingerprint density at radius 2 is 2.06 bits per heavy atom. The average Bonchev–Trinajstić information content (AvgIpc) is 3.59. The summed E-state index contributed by atoms with van der Waals surface area (Å²) in [7, 11) is 0.